The van der Waals surface area contributed by atoms with E-state index in [1.165, 1.54) is 38.5 Å². The summed E-state index contributed by atoms with van der Waals surface area (Å²) in [4.78, 5) is 33.3. The second kappa shape index (κ2) is 8.42. The number of likely N-dealkylation sites (tertiary alicyclic amines) is 1. The van der Waals surface area contributed by atoms with Gasteiger partial charge in [0, 0.05) is 24.5 Å². The van der Waals surface area contributed by atoms with Crippen LogP contribution < -0.4 is 5.32 Å². The molecule has 2 unspecified atom stereocenters. The van der Waals surface area contributed by atoms with Crippen LogP contribution >= 0.6 is 22.9 Å². The highest BCUT2D eigenvalue weighted by molar-refractivity contribution is 7.21. The topological polar surface area (TPSA) is 71.5 Å². The first-order valence-corrected chi connectivity index (χ1v) is 11.6. The Kier molecular flexibility index (Phi) is 5.61. The average molecular weight is 474 g/mol. The number of benzene rings is 1. The van der Waals surface area contributed by atoms with Crippen LogP contribution in [0.25, 0.3) is 10.2 Å². The summed E-state index contributed by atoms with van der Waals surface area (Å²) in [7, 11) is 1.27. The molecule has 1 aromatic carbocycles. The summed E-state index contributed by atoms with van der Waals surface area (Å²) in [5, 5.41) is 3.24. The van der Waals surface area contributed by atoms with E-state index in [-0.39, 0.29) is 21.2 Å². The van der Waals surface area contributed by atoms with Crippen molar-refractivity contribution in [1.29, 1.82) is 0 Å². The minimum absolute atomic E-state index is 0.0121. The maximum Gasteiger partial charge on any atom is 0.350 e. The van der Waals surface area contributed by atoms with Crippen LogP contribution in [-0.2, 0) is 11.3 Å². The number of hydrogen-bond donors (Lipinski definition) is 1. The van der Waals surface area contributed by atoms with Gasteiger partial charge >= 0.3 is 5.97 Å². The first-order chi connectivity index (χ1) is 15.4. The van der Waals surface area contributed by atoms with Crippen molar-refractivity contribution in [2.24, 2.45) is 5.92 Å². The highest BCUT2D eigenvalue weighted by atomic mass is 35.5. The summed E-state index contributed by atoms with van der Waals surface area (Å²) >= 11 is 7.18. The van der Waals surface area contributed by atoms with Crippen molar-refractivity contribution < 1.29 is 18.7 Å². The number of fused-ring (bicyclic) bond motifs is 3. The molecule has 5 rings (SSSR count). The Hall–Kier alpha value is -2.55. The zero-order chi connectivity index (χ0) is 22.4. The molecule has 32 heavy (non-hydrogen) atoms. The van der Waals surface area contributed by atoms with Crippen LogP contribution in [0.1, 0.15) is 45.0 Å². The van der Waals surface area contributed by atoms with E-state index >= 15 is 0 Å². The Morgan fingerprint density at radius 3 is 2.84 bits per heavy atom. The lowest BCUT2D eigenvalue weighted by Crippen LogP contribution is -2.31. The van der Waals surface area contributed by atoms with Crippen LogP contribution in [0.3, 0.4) is 0 Å². The zero-order valence-electron chi connectivity index (χ0n) is 17.4. The van der Waals surface area contributed by atoms with E-state index in [0.717, 1.165) is 42.1 Å². The number of anilines is 1. The number of nitrogens with zero attached hydrogens (tertiary/aromatic N) is 2. The monoisotopic (exact) mass is 473 g/mol. The van der Waals surface area contributed by atoms with E-state index < -0.39 is 17.7 Å². The van der Waals surface area contributed by atoms with Gasteiger partial charge in [-0.1, -0.05) is 17.7 Å². The van der Waals surface area contributed by atoms with Gasteiger partial charge in [-0.15, -0.1) is 11.3 Å². The fourth-order valence-corrected chi connectivity index (χ4v) is 6.10. The third-order valence-electron chi connectivity index (χ3n) is 6.30. The molecule has 2 bridgehead atoms. The average Bonchev–Trinajstić information content (AvgIpc) is 3.48. The molecule has 2 aromatic heterocycles. The second-order valence-corrected chi connectivity index (χ2v) is 9.67. The first-order valence-electron chi connectivity index (χ1n) is 10.4. The van der Waals surface area contributed by atoms with E-state index in [0.29, 0.717) is 16.3 Å². The lowest BCUT2D eigenvalue weighted by atomic mass is 10.1. The van der Waals surface area contributed by atoms with Gasteiger partial charge < -0.3 is 10.1 Å². The van der Waals surface area contributed by atoms with Gasteiger partial charge in [0.15, 0.2) is 0 Å². The number of pyridine rings is 1. The Labute approximate surface area is 193 Å². The van der Waals surface area contributed by atoms with E-state index in [9.17, 15) is 14.0 Å². The van der Waals surface area contributed by atoms with Crippen LogP contribution in [0, 0.1) is 11.7 Å². The number of piperidine rings is 1. The number of hydrogen-bond acceptors (Lipinski definition) is 6. The molecular weight excluding hydrogens is 453 g/mol. The number of ether oxygens (including phenoxy) is 1. The van der Waals surface area contributed by atoms with E-state index in [1.807, 2.05) is 12.1 Å². The van der Waals surface area contributed by atoms with E-state index in [4.69, 9.17) is 21.3 Å². The summed E-state index contributed by atoms with van der Waals surface area (Å²) in [6.45, 7) is 1.86. The number of esters is 1. The summed E-state index contributed by atoms with van der Waals surface area (Å²) < 4.78 is 19.1. The molecular formula is C23H21ClFN3O3S. The molecule has 1 aliphatic carbocycles. The van der Waals surface area contributed by atoms with Crippen molar-refractivity contribution in [2.45, 2.75) is 31.8 Å². The Bertz CT molecular complexity index is 1210. The maximum atomic E-state index is 14.2. The van der Waals surface area contributed by atoms with Crippen molar-refractivity contribution in [3.05, 3.63) is 57.3 Å². The number of carbonyl (C=O) groups excluding carboxylic acids is 2. The normalized spacial score (nSPS) is 20.1. The first kappa shape index (κ1) is 21.3. The summed E-state index contributed by atoms with van der Waals surface area (Å²) in [5.41, 5.74) is 0.885. The molecule has 0 radical (unpaired) electrons. The number of methoxy groups -OCH3 is 1. The quantitative estimate of drug-likeness (QED) is 0.521. The lowest BCUT2D eigenvalue weighted by molar-refractivity contribution is 0.0607. The van der Waals surface area contributed by atoms with Gasteiger partial charge in [0.25, 0.3) is 5.91 Å². The summed E-state index contributed by atoms with van der Waals surface area (Å²) in [5.74, 6) is -1.28. The molecule has 1 saturated heterocycles. The minimum atomic E-state index is -0.741. The summed E-state index contributed by atoms with van der Waals surface area (Å²) in [6.07, 6.45) is 3.83. The number of amides is 1. The number of aromatic nitrogens is 1. The van der Waals surface area contributed by atoms with Gasteiger partial charge in [-0.3, -0.25) is 9.69 Å². The van der Waals surface area contributed by atoms with Crippen LogP contribution in [-0.4, -0.2) is 41.5 Å². The Balaban J connectivity index is 1.48. The van der Waals surface area contributed by atoms with Gasteiger partial charge in [0.2, 0.25) is 0 Å². The fraction of sp³-hybridized carbons (Fsp3) is 0.348. The largest absolute Gasteiger partial charge is 0.465 e. The number of nitrogens with one attached hydrogen (secondary N) is 1. The third kappa shape index (κ3) is 3.76. The van der Waals surface area contributed by atoms with Crippen LogP contribution in [0.5, 0.6) is 0 Å². The molecule has 0 spiro atoms. The van der Waals surface area contributed by atoms with Crippen molar-refractivity contribution in [3.63, 3.8) is 0 Å². The van der Waals surface area contributed by atoms with Crippen LogP contribution in [0.4, 0.5) is 10.1 Å². The molecule has 1 saturated carbocycles. The molecule has 2 aliphatic rings. The molecule has 6 nitrogen and oxygen atoms in total. The maximum absolute atomic E-state index is 14.2. The third-order valence-corrected chi connectivity index (χ3v) is 7.69. The molecule has 3 heterocycles. The van der Waals surface area contributed by atoms with Gasteiger partial charge in [-0.2, -0.15) is 0 Å². The lowest BCUT2D eigenvalue weighted by Gasteiger charge is -2.26. The molecule has 1 amide bonds. The summed E-state index contributed by atoms with van der Waals surface area (Å²) in [6, 6.07) is 8.40. The van der Waals surface area contributed by atoms with Crippen molar-refractivity contribution in [2.75, 3.05) is 19.0 Å². The highest BCUT2D eigenvalue weighted by Gasteiger charge is 2.37. The van der Waals surface area contributed by atoms with Crippen molar-refractivity contribution in [3.8, 4) is 0 Å². The SMILES string of the molecule is COC(=O)c1sc2nc(CN3CC4CCC3C4)ccc2c1NC(=O)c1c(F)cccc1Cl. The number of rotatable bonds is 5. The van der Waals surface area contributed by atoms with Gasteiger partial charge in [-0.25, -0.2) is 14.2 Å². The molecule has 9 heteroatoms. The Morgan fingerprint density at radius 1 is 1.31 bits per heavy atom. The van der Waals surface area contributed by atoms with Gasteiger partial charge in [0.05, 0.1) is 29.1 Å². The van der Waals surface area contributed by atoms with Crippen molar-refractivity contribution >= 4 is 50.7 Å². The molecule has 1 aliphatic heterocycles. The molecule has 2 atom stereocenters. The number of thiophene rings is 1. The van der Waals surface area contributed by atoms with Gasteiger partial charge in [-0.05, 0) is 49.4 Å². The number of carbonyl (C=O) groups is 2. The fourth-order valence-electron chi connectivity index (χ4n) is 4.78. The van der Waals surface area contributed by atoms with E-state index in [2.05, 4.69) is 10.2 Å². The van der Waals surface area contributed by atoms with Gasteiger partial charge in [0.1, 0.15) is 15.5 Å². The zero-order valence-corrected chi connectivity index (χ0v) is 18.9. The minimum Gasteiger partial charge on any atom is -0.465 e. The van der Waals surface area contributed by atoms with E-state index in [1.54, 1.807) is 0 Å². The molecule has 1 N–H and O–H groups in total. The standard InChI is InChI=1S/C23H21ClFN3O3S/c1-31-23(30)20-19(27-21(29)18-16(24)3-2-4-17(18)25)15-8-6-13(26-22(15)32-20)11-28-10-12-5-7-14(28)9-12/h2-4,6,8,12,14H,5,7,9-11H2,1H3,(H,27,29). The van der Waals surface area contributed by atoms with Crippen molar-refractivity contribution in [1.82, 2.24) is 9.88 Å². The Morgan fingerprint density at radius 2 is 2.16 bits per heavy atom. The smallest absolute Gasteiger partial charge is 0.350 e. The number of halogens is 2. The molecule has 166 valence electrons. The second-order valence-electron chi connectivity index (χ2n) is 8.27. The highest BCUT2D eigenvalue weighted by Crippen LogP contribution is 2.39. The van der Waals surface area contributed by atoms with Crippen LogP contribution in [0.15, 0.2) is 30.3 Å². The predicted molar refractivity (Wildman–Crippen MR) is 122 cm³/mol. The predicted octanol–water partition coefficient (Wildman–Crippen LogP) is 5.11. The molecule has 2 fully saturated rings. The van der Waals surface area contributed by atoms with Crippen LogP contribution in [0.2, 0.25) is 5.02 Å². The molecule has 3 aromatic rings.